The van der Waals surface area contributed by atoms with Crippen LogP contribution in [0.4, 0.5) is 0 Å². The average molecular weight is 236 g/mol. The Kier molecular flexibility index (Phi) is 3.11. The summed E-state index contributed by atoms with van der Waals surface area (Å²) < 4.78 is 1.94. The number of aromatic nitrogens is 3. The zero-order chi connectivity index (χ0) is 11.7. The van der Waals surface area contributed by atoms with E-state index in [0.29, 0.717) is 11.7 Å². The Labute approximate surface area is 101 Å². The summed E-state index contributed by atoms with van der Waals surface area (Å²) in [6.45, 7) is 3.57. The SMILES string of the molecule is OCc1cn([C@@H]2CCCN(CC3CC3)C2)nn1. The van der Waals surface area contributed by atoms with Crippen molar-refractivity contribution in [1.82, 2.24) is 19.9 Å². The van der Waals surface area contributed by atoms with Crippen LogP contribution in [0, 0.1) is 5.92 Å². The Balaban J connectivity index is 1.61. The molecule has 17 heavy (non-hydrogen) atoms. The van der Waals surface area contributed by atoms with Gasteiger partial charge in [-0.2, -0.15) is 0 Å². The molecule has 1 aromatic rings. The lowest BCUT2D eigenvalue weighted by Gasteiger charge is -2.32. The van der Waals surface area contributed by atoms with Gasteiger partial charge in [0.15, 0.2) is 0 Å². The van der Waals surface area contributed by atoms with Crippen LogP contribution in [0.15, 0.2) is 6.20 Å². The number of rotatable bonds is 4. The van der Waals surface area contributed by atoms with Crippen molar-refractivity contribution >= 4 is 0 Å². The fraction of sp³-hybridized carbons (Fsp3) is 0.833. The Morgan fingerprint density at radius 1 is 1.35 bits per heavy atom. The van der Waals surface area contributed by atoms with E-state index in [2.05, 4.69) is 15.2 Å². The summed E-state index contributed by atoms with van der Waals surface area (Å²) in [6, 6.07) is 0.440. The van der Waals surface area contributed by atoms with E-state index in [4.69, 9.17) is 5.11 Å². The molecule has 1 aliphatic carbocycles. The molecular weight excluding hydrogens is 216 g/mol. The zero-order valence-corrected chi connectivity index (χ0v) is 10.1. The van der Waals surface area contributed by atoms with E-state index in [1.165, 1.54) is 38.8 Å². The minimum Gasteiger partial charge on any atom is -0.390 e. The molecule has 1 aromatic heterocycles. The second kappa shape index (κ2) is 4.74. The highest BCUT2D eigenvalue weighted by molar-refractivity contribution is 4.92. The molecule has 0 amide bonds. The molecule has 3 rings (SSSR count). The van der Waals surface area contributed by atoms with E-state index in [1.807, 2.05) is 10.9 Å². The number of aliphatic hydroxyl groups excluding tert-OH is 1. The first-order valence-electron chi connectivity index (χ1n) is 6.59. The monoisotopic (exact) mass is 236 g/mol. The van der Waals surface area contributed by atoms with Gasteiger partial charge in [0.1, 0.15) is 5.69 Å². The lowest BCUT2D eigenvalue weighted by Crippen LogP contribution is -2.38. The van der Waals surface area contributed by atoms with E-state index in [9.17, 15) is 0 Å². The first-order chi connectivity index (χ1) is 8.35. The number of aliphatic hydroxyl groups is 1. The van der Waals surface area contributed by atoms with Gasteiger partial charge in [-0.15, -0.1) is 5.10 Å². The number of hydrogen-bond acceptors (Lipinski definition) is 4. The van der Waals surface area contributed by atoms with Crippen LogP contribution in [-0.4, -0.2) is 44.6 Å². The lowest BCUT2D eigenvalue weighted by molar-refractivity contribution is 0.163. The largest absolute Gasteiger partial charge is 0.390 e. The quantitative estimate of drug-likeness (QED) is 0.841. The second-order valence-corrected chi connectivity index (χ2v) is 5.35. The summed E-state index contributed by atoms with van der Waals surface area (Å²) in [5.74, 6) is 0.956. The first kappa shape index (κ1) is 11.2. The molecule has 2 heterocycles. The van der Waals surface area contributed by atoms with Crippen molar-refractivity contribution in [2.45, 2.75) is 38.3 Å². The third-order valence-corrected chi connectivity index (χ3v) is 3.79. The van der Waals surface area contributed by atoms with E-state index in [-0.39, 0.29) is 6.61 Å². The number of hydrogen-bond donors (Lipinski definition) is 1. The highest BCUT2D eigenvalue weighted by atomic mass is 16.3. The van der Waals surface area contributed by atoms with Gasteiger partial charge in [0.05, 0.1) is 18.8 Å². The topological polar surface area (TPSA) is 54.2 Å². The van der Waals surface area contributed by atoms with Crippen molar-refractivity contribution in [2.75, 3.05) is 19.6 Å². The molecule has 0 radical (unpaired) electrons. The molecule has 1 saturated heterocycles. The normalized spacial score (nSPS) is 26.3. The van der Waals surface area contributed by atoms with Crippen LogP contribution in [-0.2, 0) is 6.61 Å². The Hall–Kier alpha value is -0.940. The third kappa shape index (κ3) is 2.66. The smallest absolute Gasteiger partial charge is 0.108 e. The van der Waals surface area contributed by atoms with Crippen molar-refractivity contribution in [3.63, 3.8) is 0 Å². The van der Waals surface area contributed by atoms with Crippen molar-refractivity contribution < 1.29 is 5.11 Å². The Morgan fingerprint density at radius 2 is 2.24 bits per heavy atom. The van der Waals surface area contributed by atoms with Gasteiger partial charge in [0.2, 0.25) is 0 Å². The van der Waals surface area contributed by atoms with Gasteiger partial charge in [0, 0.05) is 13.1 Å². The molecule has 1 aliphatic heterocycles. The summed E-state index contributed by atoms with van der Waals surface area (Å²) in [5, 5.41) is 17.1. The van der Waals surface area contributed by atoms with Gasteiger partial charge < -0.3 is 10.0 Å². The first-order valence-corrected chi connectivity index (χ1v) is 6.59. The summed E-state index contributed by atoms with van der Waals surface area (Å²) >= 11 is 0. The van der Waals surface area contributed by atoms with Crippen LogP contribution >= 0.6 is 0 Å². The van der Waals surface area contributed by atoms with Crippen LogP contribution in [0.3, 0.4) is 0 Å². The fourth-order valence-corrected chi connectivity index (χ4v) is 2.64. The summed E-state index contributed by atoms with van der Waals surface area (Å²) in [5.41, 5.74) is 0.671. The molecule has 2 aliphatic rings. The number of piperidine rings is 1. The Morgan fingerprint density at radius 3 is 2.94 bits per heavy atom. The molecule has 0 unspecified atom stereocenters. The lowest BCUT2D eigenvalue weighted by atomic mass is 10.1. The van der Waals surface area contributed by atoms with Gasteiger partial charge in [-0.05, 0) is 38.1 Å². The van der Waals surface area contributed by atoms with Crippen LogP contribution < -0.4 is 0 Å². The molecule has 1 saturated carbocycles. The van der Waals surface area contributed by atoms with Gasteiger partial charge in [0.25, 0.3) is 0 Å². The molecule has 0 aromatic carbocycles. The van der Waals surface area contributed by atoms with Crippen LogP contribution in [0.5, 0.6) is 0 Å². The second-order valence-electron chi connectivity index (χ2n) is 5.35. The van der Waals surface area contributed by atoms with Gasteiger partial charge in [-0.1, -0.05) is 5.21 Å². The van der Waals surface area contributed by atoms with Gasteiger partial charge in [-0.25, -0.2) is 4.68 Å². The molecule has 5 nitrogen and oxygen atoms in total. The molecule has 0 bridgehead atoms. The van der Waals surface area contributed by atoms with Crippen LogP contribution in [0.1, 0.15) is 37.4 Å². The van der Waals surface area contributed by atoms with Crippen molar-refractivity contribution in [1.29, 1.82) is 0 Å². The van der Waals surface area contributed by atoms with Crippen molar-refractivity contribution in [3.05, 3.63) is 11.9 Å². The van der Waals surface area contributed by atoms with E-state index in [1.54, 1.807) is 0 Å². The molecule has 94 valence electrons. The predicted molar refractivity (Wildman–Crippen MR) is 63.4 cm³/mol. The van der Waals surface area contributed by atoms with E-state index >= 15 is 0 Å². The fourth-order valence-electron chi connectivity index (χ4n) is 2.64. The molecule has 1 N–H and O–H groups in total. The molecular formula is C12H20N4O. The number of likely N-dealkylation sites (tertiary alicyclic amines) is 1. The van der Waals surface area contributed by atoms with Gasteiger partial charge >= 0.3 is 0 Å². The average Bonchev–Trinajstić information content (AvgIpc) is 3.04. The maximum Gasteiger partial charge on any atom is 0.108 e. The maximum atomic E-state index is 9.00. The number of nitrogens with zero attached hydrogens (tertiary/aromatic N) is 4. The standard InChI is InChI=1S/C12H20N4O/c17-9-11-7-16(14-13-11)12-2-1-5-15(8-12)6-10-3-4-10/h7,10,12,17H,1-6,8-9H2/t12-/m1/s1. The molecule has 0 spiro atoms. The maximum absolute atomic E-state index is 9.00. The minimum absolute atomic E-state index is 0.0154. The Bertz CT molecular complexity index is 374. The zero-order valence-electron chi connectivity index (χ0n) is 10.1. The van der Waals surface area contributed by atoms with Crippen LogP contribution in [0.25, 0.3) is 0 Å². The minimum atomic E-state index is -0.0154. The van der Waals surface area contributed by atoms with Crippen molar-refractivity contribution in [3.8, 4) is 0 Å². The molecule has 1 atom stereocenters. The van der Waals surface area contributed by atoms with E-state index < -0.39 is 0 Å². The molecule has 5 heteroatoms. The summed E-state index contributed by atoms with van der Waals surface area (Å²) in [7, 11) is 0. The summed E-state index contributed by atoms with van der Waals surface area (Å²) in [4.78, 5) is 2.56. The van der Waals surface area contributed by atoms with Crippen LogP contribution in [0.2, 0.25) is 0 Å². The predicted octanol–water partition coefficient (Wildman–Crippen LogP) is 0.817. The van der Waals surface area contributed by atoms with E-state index in [0.717, 1.165) is 12.5 Å². The van der Waals surface area contributed by atoms with Crippen molar-refractivity contribution in [2.24, 2.45) is 5.92 Å². The highest BCUT2D eigenvalue weighted by Gasteiger charge is 2.28. The molecule has 2 fully saturated rings. The van der Waals surface area contributed by atoms with Gasteiger partial charge in [-0.3, -0.25) is 0 Å². The third-order valence-electron chi connectivity index (χ3n) is 3.79. The summed E-state index contributed by atoms with van der Waals surface area (Å²) in [6.07, 6.45) is 7.13. The highest BCUT2D eigenvalue weighted by Crippen LogP contribution is 2.31.